The van der Waals surface area contributed by atoms with E-state index in [0.29, 0.717) is 12.1 Å². The van der Waals surface area contributed by atoms with Crippen LogP contribution in [0.3, 0.4) is 0 Å². The Balaban J connectivity index is 2.31. The summed E-state index contributed by atoms with van der Waals surface area (Å²) in [5.74, 6) is -9.24. The highest BCUT2D eigenvalue weighted by molar-refractivity contribution is 7.91. The molecule has 31 heavy (non-hydrogen) atoms. The molecule has 1 saturated carbocycles. The van der Waals surface area contributed by atoms with Crippen molar-refractivity contribution < 1.29 is 48.7 Å². The molecule has 1 fully saturated rings. The lowest BCUT2D eigenvalue weighted by Gasteiger charge is -2.19. The number of carbonyl (C=O) groups is 1. The molecule has 1 aromatic rings. The van der Waals surface area contributed by atoms with E-state index in [1.807, 2.05) is 0 Å². The van der Waals surface area contributed by atoms with Gasteiger partial charge in [-0.2, -0.15) is 22.0 Å². The third-order valence-corrected chi connectivity index (χ3v) is 7.15. The van der Waals surface area contributed by atoms with Crippen molar-refractivity contribution in [1.82, 2.24) is 0 Å². The number of hydrogen-bond donors (Lipinski definition) is 0. The molecule has 0 amide bonds. The molecular weight excluding hydrogens is 481 g/mol. The maximum atomic E-state index is 14.4. The molecule has 13 heteroatoms. The topological polar surface area (TPSA) is 60.4 Å². The van der Waals surface area contributed by atoms with Crippen molar-refractivity contribution >= 4 is 27.4 Å². The van der Waals surface area contributed by atoms with Gasteiger partial charge in [0, 0.05) is 0 Å². The highest BCUT2D eigenvalue weighted by Gasteiger charge is 2.63. The normalized spacial score (nSPS) is 21.7. The van der Waals surface area contributed by atoms with Crippen LogP contribution >= 0.6 is 11.6 Å². The van der Waals surface area contributed by atoms with Crippen molar-refractivity contribution in [1.29, 1.82) is 0 Å². The van der Waals surface area contributed by atoms with Crippen LogP contribution < -0.4 is 0 Å². The molecule has 1 aliphatic rings. The highest BCUT2D eigenvalue weighted by atomic mass is 35.5. The SMILES string of the molecule is CCS(=O)(=O)c1ccc(C(F)(F)OC(=O)C2C(C=C(Cl)C(F)(F)F)C2(C)C)c(F)c1F. The van der Waals surface area contributed by atoms with Gasteiger partial charge in [-0.1, -0.05) is 38.4 Å². The molecule has 0 bridgehead atoms. The van der Waals surface area contributed by atoms with Crippen LogP contribution in [0.5, 0.6) is 0 Å². The highest BCUT2D eigenvalue weighted by Crippen LogP contribution is 2.61. The van der Waals surface area contributed by atoms with Gasteiger partial charge in [-0.15, -0.1) is 0 Å². The summed E-state index contributed by atoms with van der Waals surface area (Å²) in [4.78, 5) is 11.0. The first-order chi connectivity index (χ1) is 13.9. The zero-order chi connectivity index (χ0) is 24.2. The first kappa shape index (κ1) is 25.4. The van der Waals surface area contributed by atoms with Gasteiger partial charge in [0.25, 0.3) is 0 Å². The lowest BCUT2D eigenvalue weighted by atomic mass is 10.1. The number of benzene rings is 1. The number of hydrogen-bond acceptors (Lipinski definition) is 4. The van der Waals surface area contributed by atoms with Crippen LogP contribution in [0.1, 0.15) is 26.3 Å². The summed E-state index contributed by atoms with van der Waals surface area (Å²) in [6.45, 7) is 3.75. The lowest BCUT2D eigenvalue weighted by Crippen LogP contribution is -2.27. The maximum absolute atomic E-state index is 14.4. The van der Waals surface area contributed by atoms with E-state index in [0.717, 1.165) is 6.92 Å². The summed E-state index contributed by atoms with van der Waals surface area (Å²) in [5.41, 5.74) is -2.96. The van der Waals surface area contributed by atoms with E-state index < -0.39 is 78.2 Å². The predicted molar refractivity (Wildman–Crippen MR) is 94.8 cm³/mol. The molecule has 2 atom stereocenters. The summed E-state index contributed by atoms with van der Waals surface area (Å²) in [6.07, 6.45) is -9.13. The van der Waals surface area contributed by atoms with E-state index in [9.17, 15) is 43.9 Å². The Hall–Kier alpha value is -1.82. The Morgan fingerprint density at radius 3 is 2.19 bits per heavy atom. The van der Waals surface area contributed by atoms with Crippen molar-refractivity contribution in [3.8, 4) is 0 Å². The van der Waals surface area contributed by atoms with Crippen molar-refractivity contribution in [2.75, 3.05) is 5.75 Å². The van der Waals surface area contributed by atoms with Crippen LogP contribution in [0.2, 0.25) is 0 Å². The number of carbonyl (C=O) groups excluding carboxylic acids is 1. The first-order valence-electron chi connectivity index (χ1n) is 8.64. The minimum atomic E-state index is -4.90. The average molecular weight is 497 g/mol. The second-order valence-corrected chi connectivity index (χ2v) is 10.1. The molecule has 0 aliphatic heterocycles. The average Bonchev–Trinajstić information content (AvgIpc) is 3.15. The smallest absolute Gasteiger partial charge is 0.397 e. The molecular formula is C18H16ClF7O4S. The zero-order valence-electron chi connectivity index (χ0n) is 16.2. The summed E-state index contributed by atoms with van der Waals surface area (Å²) in [7, 11) is -4.26. The fraction of sp³-hybridized carbons (Fsp3) is 0.500. The minimum absolute atomic E-state index is 0.254. The summed E-state index contributed by atoms with van der Waals surface area (Å²) >= 11 is 5.12. The van der Waals surface area contributed by atoms with Gasteiger partial charge in [-0.05, 0) is 23.5 Å². The van der Waals surface area contributed by atoms with Crippen LogP contribution in [0.15, 0.2) is 28.1 Å². The largest absolute Gasteiger partial charge is 0.431 e. The van der Waals surface area contributed by atoms with Gasteiger partial charge >= 0.3 is 18.3 Å². The Kier molecular flexibility index (Phi) is 6.52. The Morgan fingerprint density at radius 2 is 1.71 bits per heavy atom. The minimum Gasteiger partial charge on any atom is -0.397 e. The van der Waals surface area contributed by atoms with Crippen molar-refractivity contribution in [2.24, 2.45) is 17.3 Å². The third kappa shape index (κ3) is 4.84. The van der Waals surface area contributed by atoms with Crippen LogP contribution in [0, 0.1) is 28.9 Å². The van der Waals surface area contributed by atoms with E-state index in [1.54, 1.807) is 0 Å². The molecule has 0 spiro atoms. The van der Waals surface area contributed by atoms with Gasteiger partial charge in [0.2, 0.25) is 0 Å². The zero-order valence-corrected chi connectivity index (χ0v) is 17.7. The van der Waals surface area contributed by atoms with E-state index in [4.69, 9.17) is 11.6 Å². The fourth-order valence-corrected chi connectivity index (χ4v) is 4.17. The monoisotopic (exact) mass is 496 g/mol. The Labute approximate surface area is 177 Å². The number of sulfone groups is 1. The van der Waals surface area contributed by atoms with Crippen LogP contribution in [0.25, 0.3) is 0 Å². The van der Waals surface area contributed by atoms with Crippen molar-refractivity contribution in [3.05, 3.63) is 40.4 Å². The molecule has 2 unspecified atom stereocenters. The van der Waals surface area contributed by atoms with Crippen LogP contribution in [0.4, 0.5) is 30.7 Å². The third-order valence-electron chi connectivity index (χ3n) is 5.07. The number of ether oxygens (including phenoxy) is 1. The van der Waals surface area contributed by atoms with E-state index in [2.05, 4.69) is 4.74 Å². The molecule has 0 heterocycles. The second-order valence-electron chi connectivity index (χ2n) is 7.42. The van der Waals surface area contributed by atoms with Crippen molar-refractivity contribution in [3.63, 3.8) is 0 Å². The number of alkyl halides is 5. The van der Waals surface area contributed by atoms with Gasteiger partial charge in [-0.25, -0.2) is 17.2 Å². The summed E-state index contributed by atoms with van der Waals surface area (Å²) in [6, 6.07) is 0.661. The molecule has 0 saturated heterocycles. The van der Waals surface area contributed by atoms with Crippen LogP contribution in [-0.4, -0.2) is 26.3 Å². The number of rotatable bonds is 6. The molecule has 1 aromatic carbocycles. The Bertz CT molecular complexity index is 1030. The Morgan fingerprint density at radius 1 is 1.16 bits per heavy atom. The van der Waals surface area contributed by atoms with Gasteiger partial charge in [0.1, 0.15) is 15.5 Å². The molecule has 0 N–H and O–H groups in total. The molecule has 2 rings (SSSR count). The lowest BCUT2D eigenvalue weighted by molar-refractivity contribution is -0.243. The predicted octanol–water partition coefficient (Wildman–Crippen LogP) is 5.31. The standard InChI is InChI=1S/C18H16ClF7O4S/c1-4-31(28,29)10-6-5-8(13(20)14(10)21)18(25,26)30-15(27)12-9(16(12,2)3)7-11(19)17(22,23)24/h5-7,9,12H,4H2,1-3H3. The molecule has 174 valence electrons. The summed E-state index contributed by atoms with van der Waals surface area (Å²) < 4.78 is 122. The number of halogens is 8. The van der Waals surface area contributed by atoms with E-state index in [1.165, 1.54) is 13.8 Å². The maximum Gasteiger partial charge on any atom is 0.431 e. The second kappa shape index (κ2) is 7.95. The number of esters is 1. The summed E-state index contributed by atoms with van der Waals surface area (Å²) in [5, 5.41) is -1.55. The van der Waals surface area contributed by atoms with E-state index in [-0.39, 0.29) is 6.07 Å². The van der Waals surface area contributed by atoms with E-state index >= 15 is 0 Å². The van der Waals surface area contributed by atoms with Gasteiger partial charge < -0.3 is 4.74 Å². The van der Waals surface area contributed by atoms with Crippen LogP contribution in [-0.2, 0) is 25.5 Å². The van der Waals surface area contributed by atoms with Crippen molar-refractivity contribution in [2.45, 2.75) is 38.0 Å². The molecule has 0 aromatic heterocycles. The molecule has 4 nitrogen and oxygen atoms in total. The molecule has 0 radical (unpaired) electrons. The van der Waals surface area contributed by atoms with Gasteiger partial charge in [0.15, 0.2) is 21.5 Å². The first-order valence-corrected chi connectivity index (χ1v) is 10.7. The number of allylic oxidation sites excluding steroid dienone is 2. The fourth-order valence-electron chi connectivity index (χ4n) is 3.09. The molecule has 1 aliphatic carbocycles. The van der Waals surface area contributed by atoms with Gasteiger partial charge in [-0.3, -0.25) is 4.79 Å². The quantitative estimate of drug-likeness (QED) is 0.396. The van der Waals surface area contributed by atoms with Gasteiger partial charge in [0.05, 0.1) is 11.7 Å².